The van der Waals surface area contributed by atoms with Crippen molar-refractivity contribution in [3.8, 4) is 5.88 Å². The third-order valence-corrected chi connectivity index (χ3v) is 6.33. The summed E-state index contributed by atoms with van der Waals surface area (Å²) in [6.07, 6.45) is 5.24. The maximum atomic E-state index is 13.0. The second-order valence-corrected chi connectivity index (χ2v) is 8.93. The monoisotopic (exact) mass is 498 g/mol. The lowest BCUT2D eigenvalue weighted by molar-refractivity contribution is -0.146. The summed E-state index contributed by atoms with van der Waals surface area (Å²) in [5, 5.41) is 3.20. The van der Waals surface area contributed by atoms with Crippen LogP contribution in [-0.2, 0) is 40.6 Å². The van der Waals surface area contributed by atoms with E-state index in [1.54, 1.807) is 19.9 Å². The number of nitrogens with one attached hydrogen (secondary N) is 1. The fourth-order valence-corrected chi connectivity index (χ4v) is 5.04. The molecule has 2 aliphatic carbocycles. The van der Waals surface area contributed by atoms with Gasteiger partial charge in [0, 0.05) is 30.4 Å². The zero-order valence-corrected chi connectivity index (χ0v) is 21.3. The number of carbonyl (C=O) groups excluding carboxylic acids is 4. The number of aromatic nitrogens is 1. The molecular formula is C27H34N2O7. The van der Waals surface area contributed by atoms with Crippen molar-refractivity contribution in [1.29, 1.82) is 0 Å². The number of carbonyl (C=O) groups is 4. The Labute approximate surface area is 211 Å². The Bertz CT molecular complexity index is 1090. The van der Waals surface area contributed by atoms with Crippen LogP contribution in [0.15, 0.2) is 35.4 Å². The number of ether oxygens (including phenoxy) is 3. The predicted octanol–water partition coefficient (Wildman–Crippen LogP) is 3.45. The minimum Gasteiger partial charge on any atom is -0.466 e. The quantitative estimate of drug-likeness (QED) is 0.385. The molecule has 1 aromatic rings. The molecule has 0 fully saturated rings. The van der Waals surface area contributed by atoms with Crippen LogP contribution in [0.5, 0.6) is 5.88 Å². The zero-order chi connectivity index (χ0) is 26.3. The number of amides is 1. The largest absolute Gasteiger partial charge is 0.466 e. The van der Waals surface area contributed by atoms with Crippen LogP contribution >= 0.6 is 0 Å². The van der Waals surface area contributed by atoms with Crippen LogP contribution in [-0.4, -0.2) is 42.0 Å². The Hall–Kier alpha value is -3.49. The fraction of sp³-hybridized carbons (Fsp3) is 0.519. The predicted molar refractivity (Wildman–Crippen MR) is 131 cm³/mol. The molecule has 9 heteroatoms. The van der Waals surface area contributed by atoms with Crippen molar-refractivity contribution in [2.75, 3.05) is 13.2 Å². The highest BCUT2D eigenvalue weighted by atomic mass is 16.5. The lowest BCUT2D eigenvalue weighted by Crippen LogP contribution is -2.53. The Balaban J connectivity index is 1.83. The number of pyridine rings is 1. The summed E-state index contributed by atoms with van der Waals surface area (Å²) in [7, 11) is 0. The summed E-state index contributed by atoms with van der Waals surface area (Å²) in [5.41, 5.74) is 3.00. The second kappa shape index (κ2) is 12.0. The number of rotatable bonds is 10. The molecule has 194 valence electrons. The summed E-state index contributed by atoms with van der Waals surface area (Å²) < 4.78 is 15.2. The third kappa shape index (κ3) is 6.19. The molecule has 2 aliphatic rings. The molecule has 0 radical (unpaired) electrons. The van der Waals surface area contributed by atoms with Gasteiger partial charge in [0.05, 0.1) is 43.7 Å². The Kier molecular flexibility index (Phi) is 9.01. The van der Waals surface area contributed by atoms with E-state index in [0.29, 0.717) is 12.8 Å². The highest BCUT2D eigenvalue weighted by Gasteiger charge is 2.48. The highest BCUT2D eigenvalue weighted by molar-refractivity contribution is 5.83. The van der Waals surface area contributed by atoms with Gasteiger partial charge in [-0.15, -0.1) is 0 Å². The minimum absolute atomic E-state index is 0.00493. The molecular weight excluding hydrogens is 464 g/mol. The molecule has 2 unspecified atom stereocenters. The summed E-state index contributed by atoms with van der Waals surface area (Å²) >= 11 is 0. The average molecular weight is 499 g/mol. The van der Waals surface area contributed by atoms with Gasteiger partial charge in [-0.1, -0.05) is 17.7 Å². The Morgan fingerprint density at radius 2 is 1.67 bits per heavy atom. The van der Waals surface area contributed by atoms with Gasteiger partial charge in [0.2, 0.25) is 11.8 Å². The van der Waals surface area contributed by atoms with Crippen LogP contribution in [0.4, 0.5) is 0 Å². The molecule has 2 atom stereocenters. The van der Waals surface area contributed by atoms with Crippen molar-refractivity contribution in [1.82, 2.24) is 10.3 Å². The number of fused-ring (bicyclic) bond motifs is 4. The van der Waals surface area contributed by atoms with Crippen LogP contribution in [0.25, 0.3) is 0 Å². The molecule has 0 aromatic carbocycles. The van der Waals surface area contributed by atoms with Gasteiger partial charge in [0.1, 0.15) is 0 Å². The lowest BCUT2D eigenvalue weighted by Gasteiger charge is -2.48. The Morgan fingerprint density at radius 1 is 1.03 bits per heavy atom. The molecule has 1 N–H and O–H groups in total. The van der Waals surface area contributed by atoms with E-state index in [4.69, 9.17) is 14.2 Å². The first-order chi connectivity index (χ1) is 17.2. The van der Waals surface area contributed by atoms with Crippen molar-refractivity contribution < 1.29 is 33.4 Å². The molecule has 1 aromatic heterocycles. The first-order valence-electron chi connectivity index (χ1n) is 12.4. The maximum Gasteiger partial charge on any atom is 0.313 e. The third-order valence-electron chi connectivity index (χ3n) is 6.33. The molecule has 1 amide bonds. The normalized spacial score (nSPS) is 21.2. The van der Waals surface area contributed by atoms with E-state index in [9.17, 15) is 19.2 Å². The Morgan fingerprint density at radius 3 is 2.31 bits per heavy atom. The summed E-state index contributed by atoms with van der Waals surface area (Å²) in [6, 6.07) is 3.44. The molecule has 3 rings (SSSR count). The van der Waals surface area contributed by atoms with Crippen molar-refractivity contribution in [3.05, 3.63) is 46.7 Å². The van der Waals surface area contributed by atoms with Crippen LogP contribution in [0.1, 0.15) is 71.1 Å². The van der Waals surface area contributed by atoms with E-state index < -0.39 is 23.4 Å². The van der Waals surface area contributed by atoms with E-state index >= 15 is 0 Å². The van der Waals surface area contributed by atoms with Gasteiger partial charge in [-0.3, -0.25) is 19.2 Å². The van der Waals surface area contributed by atoms with E-state index in [1.807, 2.05) is 26.0 Å². The van der Waals surface area contributed by atoms with Gasteiger partial charge in [-0.25, -0.2) is 4.98 Å². The van der Waals surface area contributed by atoms with Crippen LogP contribution in [0, 0.1) is 5.92 Å². The summed E-state index contributed by atoms with van der Waals surface area (Å²) in [6.45, 7) is 7.95. The van der Waals surface area contributed by atoms with Gasteiger partial charge >= 0.3 is 17.9 Å². The summed E-state index contributed by atoms with van der Waals surface area (Å²) in [5.74, 6) is -1.51. The standard InChI is InChI=1S/C27H34N2O7/c1-5-19-18-14-17(4)16-27(19,29-22(30)9-11-24(31)34-6-2)20-8-10-23(28-21(20)15-18)36-26(33)13-12-25(32)35-7-3/h5,8,10,14,18H,6-7,9,11-13,15-16H2,1-4H3,(H,29,30). The minimum atomic E-state index is -0.795. The smallest absolute Gasteiger partial charge is 0.313 e. The molecule has 9 nitrogen and oxygen atoms in total. The number of hydrogen-bond acceptors (Lipinski definition) is 8. The fourth-order valence-electron chi connectivity index (χ4n) is 5.04. The second-order valence-electron chi connectivity index (χ2n) is 8.93. The zero-order valence-electron chi connectivity index (χ0n) is 21.3. The van der Waals surface area contributed by atoms with Crippen molar-refractivity contribution in [2.45, 2.75) is 71.8 Å². The average Bonchev–Trinajstić information content (AvgIpc) is 2.81. The van der Waals surface area contributed by atoms with Gasteiger partial charge in [0.25, 0.3) is 0 Å². The lowest BCUT2D eigenvalue weighted by atomic mass is 9.63. The first kappa shape index (κ1) is 27.1. The highest BCUT2D eigenvalue weighted by Crippen LogP contribution is 2.50. The first-order valence-corrected chi connectivity index (χ1v) is 12.4. The molecule has 0 saturated carbocycles. The molecule has 0 spiro atoms. The molecule has 0 saturated heterocycles. The molecule has 1 heterocycles. The van der Waals surface area contributed by atoms with E-state index in [-0.39, 0.29) is 56.6 Å². The van der Waals surface area contributed by atoms with Crippen LogP contribution in [0.2, 0.25) is 0 Å². The van der Waals surface area contributed by atoms with E-state index in [0.717, 1.165) is 22.4 Å². The van der Waals surface area contributed by atoms with Gasteiger partial charge < -0.3 is 19.5 Å². The van der Waals surface area contributed by atoms with Gasteiger partial charge in [-0.2, -0.15) is 0 Å². The number of hydrogen-bond donors (Lipinski definition) is 1. The molecule has 0 aliphatic heterocycles. The van der Waals surface area contributed by atoms with Crippen molar-refractivity contribution in [2.24, 2.45) is 5.92 Å². The topological polar surface area (TPSA) is 121 Å². The van der Waals surface area contributed by atoms with E-state index in [1.165, 1.54) is 0 Å². The molecule has 36 heavy (non-hydrogen) atoms. The van der Waals surface area contributed by atoms with E-state index in [2.05, 4.69) is 16.4 Å². The number of allylic oxidation sites excluding steroid dienone is 2. The van der Waals surface area contributed by atoms with Crippen LogP contribution in [0.3, 0.4) is 0 Å². The number of nitrogens with zero attached hydrogens (tertiary/aromatic N) is 1. The van der Waals surface area contributed by atoms with Crippen molar-refractivity contribution in [3.63, 3.8) is 0 Å². The summed E-state index contributed by atoms with van der Waals surface area (Å²) in [4.78, 5) is 53.1. The van der Waals surface area contributed by atoms with Gasteiger partial charge in [0.15, 0.2) is 0 Å². The van der Waals surface area contributed by atoms with Crippen LogP contribution < -0.4 is 10.1 Å². The van der Waals surface area contributed by atoms with Gasteiger partial charge in [-0.05, 0) is 45.8 Å². The number of esters is 3. The molecule has 2 bridgehead atoms. The maximum absolute atomic E-state index is 13.0. The SMILES string of the molecule is CC=C1C2C=C(C)CC1(NC(=O)CCC(=O)OCC)c1ccc(OC(=O)CCC(=O)OCC)nc1C2. The van der Waals surface area contributed by atoms with Crippen molar-refractivity contribution >= 4 is 23.8 Å².